The smallest absolute Gasteiger partial charge is 0.341 e. The molecule has 3 aromatic carbocycles. The average Bonchev–Trinajstić information content (AvgIpc) is 2.79. The van der Waals surface area contributed by atoms with Crippen LogP contribution < -0.4 is 13.1 Å². The molecule has 0 aliphatic heterocycles. The predicted molar refractivity (Wildman–Crippen MR) is 141 cm³/mol. The van der Waals surface area contributed by atoms with E-state index in [0.29, 0.717) is 28.2 Å². The zero-order valence-electron chi connectivity index (χ0n) is 19.9. The molecule has 0 amide bonds. The summed E-state index contributed by atoms with van der Waals surface area (Å²) in [5.41, 5.74) is 2.00. The van der Waals surface area contributed by atoms with Crippen LogP contribution in [0.15, 0.2) is 83.8 Å². The molecule has 0 radical (unpaired) electrons. The molecular weight excluding hydrogens is 540 g/mol. The highest BCUT2D eigenvalue weighted by Crippen LogP contribution is 2.31. The van der Waals surface area contributed by atoms with E-state index in [-0.39, 0.29) is 11.5 Å². The van der Waals surface area contributed by atoms with Crippen LogP contribution in [0.2, 0.25) is 0 Å². The molecule has 0 saturated carbocycles. The van der Waals surface area contributed by atoms with E-state index in [1.54, 1.807) is 60.7 Å². The molecule has 0 fully saturated rings. The van der Waals surface area contributed by atoms with Gasteiger partial charge in [-0.15, -0.1) is 11.8 Å². The topological polar surface area (TPSA) is 133 Å². The Morgan fingerprint density at radius 1 is 0.811 bits per heavy atom. The molecule has 3 rings (SSSR count). The number of rotatable bonds is 12. The molecule has 3 aromatic rings. The Bertz CT molecular complexity index is 1410. The quantitative estimate of drug-likeness (QED) is 0.254. The van der Waals surface area contributed by atoms with Gasteiger partial charge >= 0.3 is 26.2 Å². The highest BCUT2D eigenvalue weighted by molar-refractivity contribution is 7.99. The van der Waals surface area contributed by atoms with Crippen LogP contribution in [0, 0.1) is 0 Å². The summed E-state index contributed by atoms with van der Waals surface area (Å²) < 4.78 is 61.6. The van der Waals surface area contributed by atoms with Crippen LogP contribution in [0.25, 0.3) is 5.57 Å². The zero-order valence-corrected chi connectivity index (χ0v) is 22.3. The molecule has 0 atom stereocenters. The van der Waals surface area contributed by atoms with Crippen LogP contribution >= 0.6 is 11.8 Å². The summed E-state index contributed by atoms with van der Waals surface area (Å²) in [6.07, 6.45) is 3.83. The van der Waals surface area contributed by atoms with Crippen LogP contribution in [-0.4, -0.2) is 52.8 Å². The number of benzene rings is 3. The van der Waals surface area contributed by atoms with Crippen molar-refractivity contribution < 1.29 is 39.8 Å². The second-order valence-corrected chi connectivity index (χ2v) is 12.0. The van der Waals surface area contributed by atoms with Crippen LogP contribution in [0.4, 0.5) is 0 Å². The molecule has 0 aliphatic rings. The molecule has 0 spiro atoms. The van der Waals surface area contributed by atoms with Crippen molar-refractivity contribution in [1.29, 1.82) is 0 Å². The van der Waals surface area contributed by atoms with E-state index < -0.39 is 32.8 Å². The third kappa shape index (κ3) is 9.83. The van der Waals surface area contributed by atoms with E-state index in [0.717, 1.165) is 17.4 Å². The van der Waals surface area contributed by atoms with Crippen LogP contribution in [0.3, 0.4) is 0 Å². The maximum atomic E-state index is 11.6. The zero-order chi connectivity index (χ0) is 27.1. The standard InChI is InChI=1S/C25H24O9S3/c1-36(28,29)33-21-7-3-5-18(15-21)24(19-6-4-8-22(16-19)34-37(2,30)31)13-14-35-23-11-9-20(10-12-23)32-17-25(26)27/h3-13,15-16H,14,17H2,1-2H3,(H,26,27). The first-order chi connectivity index (χ1) is 17.4. The maximum Gasteiger partial charge on any atom is 0.341 e. The summed E-state index contributed by atoms with van der Waals surface area (Å²) >= 11 is 1.50. The summed E-state index contributed by atoms with van der Waals surface area (Å²) in [7, 11) is -7.46. The number of ether oxygens (including phenoxy) is 1. The van der Waals surface area contributed by atoms with Gasteiger partial charge in [0.1, 0.15) is 17.2 Å². The summed E-state index contributed by atoms with van der Waals surface area (Å²) in [5.74, 6) is 0.151. The van der Waals surface area contributed by atoms with Crippen molar-refractivity contribution in [3.8, 4) is 17.2 Å². The van der Waals surface area contributed by atoms with Gasteiger partial charge in [0.05, 0.1) is 12.5 Å². The summed E-state index contributed by atoms with van der Waals surface area (Å²) in [5, 5.41) is 8.72. The molecule has 0 unspecified atom stereocenters. The molecule has 0 aliphatic carbocycles. The molecule has 0 heterocycles. The Morgan fingerprint density at radius 2 is 1.32 bits per heavy atom. The predicted octanol–water partition coefficient (Wildman–Crippen LogP) is 4.05. The highest BCUT2D eigenvalue weighted by atomic mass is 32.2. The van der Waals surface area contributed by atoms with Gasteiger partial charge in [0.25, 0.3) is 0 Å². The van der Waals surface area contributed by atoms with E-state index in [4.69, 9.17) is 18.2 Å². The number of carbonyl (C=O) groups is 1. The molecular formula is C25H24O9S3. The summed E-state index contributed by atoms with van der Waals surface area (Å²) in [6, 6.07) is 20.0. The number of thioether (sulfide) groups is 1. The van der Waals surface area contributed by atoms with E-state index in [2.05, 4.69) is 0 Å². The molecule has 0 bridgehead atoms. The van der Waals surface area contributed by atoms with Gasteiger partial charge in [0.2, 0.25) is 0 Å². The lowest BCUT2D eigenvalue weighted by molar-refractivity contribution is -0.139. The Balaban J connectivity index is 1.90. The Morgan fingerprint density at radius 3 is 1.78 bits per heavy atom. The Labute approximate surface area is 219 Å². The number of carboxylic acid groups (broad SMARTS) is 1. The van der Waals surface area contributed by atoms with Gasteiger partial charge in [-0.25, -0.2) is 4.79 Å². The third-order valence-corrected chi connectivity index (χ3v) is 6.44. The summed E-state index contributed by atoms with van der Waals surface area (Å²) in [6.45, 7) is -0.428. The highest BCUT2D eigenvalue weighted by Gasteiger charge is 2.12. The fourth-order valence-corrected chi connectivity index (χ4v) is 4.86. The number of hydrogen-bond donors (Lipinski definition) is 1. The van der Waals surface area contributed by atoms with Crippen molar-refractivity contribution in [2.75, 3.05) is 24.9 Å². The lowest BCUT2D eigenvalue weighted by atomic mass is 9.97. The van der Waals surface area contributed by atoms with Gasteiger partial charge in [0, 0.05) is 10.6 Å². The van der Waals surface area contributed by atoms with E-state index in [9.17, 15) is 21.6 Å². The molecule has 196 valence electrons. The minimum absolute atomic E-state index is 0.138. The minimum Gasteiger partial charge on any atom is -0.482 e. The van der Waals surface area contributed by atoms with Crippen LogP contribution in [-0.2, 0) is 25.0 Å². The molecule has 9 nitrogen and oxygen atoms in total. The normalized spacial score (nSPS) is 11.4. The number of aliphatic carboxylic acids is 1. The lowest BCUT2D eigenvalue weighted by Gasteiger charge is -2.12. The van der Waals surface area contributed by atoms with Crippen molar-refractivity contribution in [1.82, 2.24) is 0 Å². The summed E-state index contributed by atoms with van der Waals surface area (Å²) in [4.78, 5) is 11.6. The fraction of sp³-hybridized carbons (Fsp3) is 0.160. The minimum atomic E-state index is -3.73. The van der Waals surface area contributed by atoms with Crippen molar-refractivity contribution >= 4 is 43.5 Å². The van der Waals surface area contributed by atoms with Crippen LogP contribution in [0.5, 0.6) is 17.2 Å². The van der Waals surface area contributed by atoms with Gasteiger partial charge in [-0.1, -0.05) is 30.3 Å². The van der Waals surface area contributed by atoms with Gasteiger partial charge in [-0.05, 0) is 65.2 Å². The molecule has 0 saturated heterocycles. The second-order valence-electron chi connectivity index (χ2n) is 7.71. The third-order valence-electron chi connectivity index (χ3n) is 4.51. The van der Waals surface area contributed by atoms with Crippen molar-refractivity contribution in [3.63, 3.8) is 0 Å². The molecule has 0 aromatic heterocycles. The fourth-order valence-electron chi connectivity index (χ4n) is 3.18. The van der Waals surface area contributed by atoms with E-state index in [1.807, 2.05) is 6.08 Å². The van der Waals surface area contributed by atoms with Crippen LogP contribution in [0.1, 0.15) is 11.1 Å². The van der Waals surface area contributed by atoms with Gasteiger partial charge in [0.15, 0.2) is 6.61 Å². The van der Waals surface area contributed by atoms with Crippen molar-refractivity contribution in [2.45, 2.75) is 4.90 Å². The van der Waals surface area contributed by atoms with Gasteiger partial charge in [-0.3, -0.25) is 0 Å². The monoisotopic (exact) mass is 564 g/mol. The maximum absolute atomic E-state index is 11.6. The first-order valence-corrected chi connectivity index (χ1v) is 15.3. The Hall–Kier alpha value is -3.48. The average molecular weight is 565 g/mol. The SMILES string of the molecule is CS(=O)(=O)Oc1cccc(C(=CCSc2ccc(OCC(=O)O)cc2)c2cccc(OS(C)(=O)=O)c2)c1. The van der Waals surface area contributed by atoms with E-state index in [1.165, 1.54) is 23.9 Å². The molecule has 37 heavy (non-hydrogen) atoms. The molecule has 1 N–H and O–H groups in total. The van der Waals surface area contributed by atoms with Crippen molar-refractivity contribution in [2.24, 2.45) is 0 Å². The number of carboxylic acids is 1. The Kier molecular flexibility index (Phi) is 9.24. The first kappa shape index (κ1) is 28.1. The first-order valence-electron chi connectivity index (χ1n) is 10.7. The molecule has 12 heteroatoms. The van der Waals surface area contributed by atoms with Crippen molar-refractivity contribution in [3.05, 3.63) is 90.0 Å². The van der Waals surface area contributed by atoms with Gasteiger partial charge in [-0.2, -0.15) is 16.8 Å². The van der Waals surface area contributed by atoms with Gasteiger partial charge < -0.3 is 18.2 Å². The second kappa shape index (κ2) is 12.2. The van der Waals surface area contributed by atoms with E-state index >= 15 is 0 Å². The largest absolute Gasteiger partial charge is 0.482 e. The number of hydrogen-bond acceptors (Lipinski definition) is 9. The lowest BCUT2D eigenvalue weighted by Crippen LogP contribution is -2.09.